The van der Waals surface area contributed by atoms with Crippen LogP contribution >= 0.6 is 0 Å². The zero-order valence-electron chi connectivity index (χ0n) is 10.2. The molecule has 1 heterocycles. The molecule has 0 aromatic carbocycles. The van der Waals surface area contributed by atoms with Crippen molar-refractivity contribution in [1.29, 1.82) is 0 Å². The van der Waals surface area contributed by atoms with Gasteiger partial charge in [0.2, 0.25) is 5.91 Å². The molecule has 1 amide bonds. The van der Waals surface area contributed by atoms with Crippen molar-refractivity contribution in [1.82, 2.24) is 10.2 Å². The van der Waals surface area contributed by atoms with Gasteiger partial charge in [0, 0.05) is 12.6 Å². The number of amides is 1. The van der Waals surface area contributed by atoms with Gasteiger partial charge in [-0.3, -0.25) is 9.59 Å². The van der Waals surface area contributed by atoms with Gasteiger partial charge in [-0.05, 0) is 32.9 Å². The molecule has 1 aliphatic heterocycles. The monoisotopic (exact) mass is 240 g/mol. The number of hydrogen-bond acceptors (Lipinski definition) is 3. The highest BCUT2D eigenvalue weighted by Crippen LogP contribution is 2.32. The first-order chi connectivity index (χ1) is 8.08. The Labute approximate surface area is 101 Å². The van der Waals surface area contributed by atoms with E-state index in [9.17, 15) is 9.59 Å². The Bertz CT molecular complexity index is 319. The van der Waals surface area contributed by atoms with E-state index in [2.05, 4.69) is 10.2 Å². The summed E-state index contributed by atoms with van der Waals surface area (Å²) < 4.78 is 0. The third-order valence-electron chi connectivity index (χ3n) is 3.91. The lowest BCUT2D eigenvalue weighted by Gasteiger charge is -2.19. The van der Waals surface area contributed by atoms with Crippen LogP contribution in [-0.2, 0) is 9.59 Å². The minimum Gasteiger partial charge on any atom is -0.481 e. The van der Waals surface area contributed by atoms with Crippen LogP contribution in [0.2, 0.25) is 0 Å². The van der Waals surface area contributed by atoms with Gasteiger partial charge in [0.1, 0.15) is 0 Å². The molecule has 1 aliphatic carbocycles. The largest absolute Gasteiger partial charge is 0.481 e. The Balaban J connectivity index is 1.89. The predicted octanol–water partition coefficient (Wildman–Crippen LogP) is 0.308. The predicted molar refractivity (Wildman–Crippen MR) is 62.5 cm³/mol. The molecular formula is C12H20N2O3. The number of carbonyl (C=O) groups excluding carboxylic acids is 1. The molecule has 0 aromatic heterocycles. The van der Waals surface area contributed by atoms with E-state index in [0.29, 0.717) is 12.8 Å². The van der Waals surface area contributed by atoms with Gasteiger partial charge in [-0.15, -0.1) is 0 Å². The number of nitrogens with one attached hydrogen (secondary N) is 1. The number of likely N-dealkylation sites (tertiary alicyclic amines) is 1. The Morgan fingerprint density at radius 1 is 1.24 bits per heavy atom. The average molecular weight is 240 g/mol. The highest BCUT2D eigenvalue weighted by atomic mass is 16.4. The van der Waals surface area contributed by atoms with Crippen LogP contribution in [0.3, 0.4) is 0 Å². The molecule has 0 spiro atoms. The quantitative estimate of drug-likeness (QED) is 0.745. The van der Waals surface area contributed by atoms with Crippen molar-refractivity contribution >= 4 is 11.9 Å². The summed E-state index contributed by atoms with van der Waals surface area (Å²) in [4.78, 5) is 25.2. The minimum absolute atomic E-state index is 0.0600. The Kier molecular flexibility index (Phi) is 3.66. The number of hydrogen-bond donors (Lipinski definition) is 2. The van der Waals surface area contributed by atoms with Crippen LogP contribution in [0.25, 0.3) is 0 Å². The smallest absolute Gasteiger partial charge is 0.307 e. The summed E-state index contributed by atoms with van der Waals surface area (Å²) in [7, 11) is 2.03. The molecule has 2 aliphatic rings. The lowest BCUT2D eigenvalue weighted by Crippen LogP contribution is -2.42. The van der Waals surface area contributed by atoms with E-state index in [1.807, 2.05) is 7.05 Å². The fourth-order valence-corrected chi connectivity index (χ4v) is 2.93. The third kappa shape index (κ3) is 2.77. The first kappa shape index (κ1) is 12.4. The van der Waals surface area contributed by atoms with Crippen LogP contribution in [0.4, 0.5) is 0 Å². The second-order valence-corrected chi connectivity index (χ2v) is 5.24. The maximum absolute atomic E-state index is 12.0. The second kappa shape index (κ2) is 5.04. The number of likely N-dealkylation sites (N-methyl/N-ethyl adjacent to an activating group) is 1. The SMILES string of the molecule is CN1CCC(NC(=O)C2CCCC2C(=O)O)C1. The summed E-state index contributed by atoms with van der Waals surface area (Å²) in [5.41, 5.74) is 0. The molecule has 0 radical (unpaired) electrons. The van der Waals surface area contributed by atoms with E-state index in [0.717, 1.165) is 25.9 Å². The highest BCUT2D eigenvalue weighted by molar-refractivity contribution is 5.85. The Morgan fingerprint density at radius 2 is 1.94 bits per heavy atom. The molecule has 5 heteroatoms. The van der Waals surface area contributed by atoms with Crippen LogP contribution < -0.4 is 5.32 Å². The maximum Gasteiger partial charge on any atom is 0.307 e. The van der Waals surface area contributed by atoms with Gasteiger partial charge in [0.25, 0.3) is 0 Å². The minimum atomic E-state index is -0.828. The van der Waals surface area contributed by atoms with E-state index in [-0.39, 0.29) is 17.9 Å². The molecule has 2 fully saturated rings. The fraction of sp³-hybridized carbons (Fsp3) is 0.833. The molecule has 5 nitrogen and oxygen atoms in total. The van der Waals surface area contributed by atoms with Gasteiger partial charge < -0.3 is 15.3 Å². The molecule has 0 bridgehead atoms. The normalized spacial score (nSPS) is 33.8. The zero-order valence-corrected chi connectivity index (χ0v) is 10.2. The van der Waals surface area contributed by atoms with E-state index >= 15 is 0 Å². The summed E-state index contributed by atoms with van der Waals surface area (Å²) in [6.07, 6.45) is 3.16. The molecule has 0 aromatic rings. The van der Waals surface area contributed by atoms with Crippen molar-refractivity contribution in [2.45, 2.75) is 31.7 Å². The highest BCUT2D eigenvalue weighted by Gasteiger charge is 2.38. The van der Waals surface area contributed by atoms with E-state index in [1.54, 1.807) is 0 Å². The van der Waals surface area contributed by atoms with Gasteiger partial charge in [-0.1, -0.05) is 6.42 Å². The van der Waals surface area contributed by atoms with E-state index < -0.39 is 11.9 Å². The Hall–Kier alpha value is -1.10. The van der Waals surface area contributed by atoms with Gasteiger partial charge in [-0.2, -0.15) is 0 Å². The summed E-state index contributed by atoms with van der Waals surface area (Å²) in [5, 5.41) is 12.0. The van der Waals surface area contributed by atoms with Crippen molar-refractivity contribution in [3.63, 3.8) is 0 Å². The van der Waals surface area contributed by atoms with Crippen LogP contribution in [-0.4, -0.2) is 48.1 Å². The number of aliphatic carboxylic acids is 1. The molecule has 2 N–H and O–H groups in total. The summed E-state index contributed by atoms with van der Waals surface area (Å²) in [5.74, 6) is -1.69. The van der Waals surface area contributed by atoms with Crippen molar-refractivity contribution in [3.05, 3.63) is 0 Å². The number of rotatable bonds is 3. The van der Waals surface area contributed by atoms with Gasteiger partial charge in [-0.25, -0.2) is 0 Å². The Morgan fingerprint density at radius 3 is 2.53 bits per heavy atom. The molecule has 17 heavy (non-hydrogen) atoms. The van der Waals surface area contributed by atoms with Gasteiger partial charge in [0.05, 0.1) is 11.8 Å². The lowest BCUT2D eigenvalue weighted by atomic mass is 9.95. The maximum atomic E-state index is 12.0. The van der Waals surface area contributed by atoms with Crippen molar-refractivity contribution in [3.8, 4) is 0 Å². The molecular weight excluding hydrogens is 220 g/mol. The van der Waals surface area contributed by atoms with Crippen molar-refractivity contribution in [2.75, 3.05) is 20.1 Å². The zero-order chi connectivity index (χ0) is 12.4. The number of carboxylic acid groups (broad SMARTS) is 1. The molecule has 1 saturated heterocycles. The summed E-state index contributed by atoms with van der Waals surface area (Å²) in [6, 6.07) is 0.197. The second-order valence-electron chi connectivity index (χ2n) is 5.24. The molecule has 96 valence electrons. The van der Waals surface area contributed by atoms with Crippen LogP contribution in [0.5, 0.6) is 0 Å². The van der Waals surface area contributed by atoms with E-state index in [4.69, 9.17) is 5.11 Å². The van der Waals surface area contributed by atoms with Crippen LogP contribution in [0.1, 0.15) is 25.7 Å². The number of carbonyl (C=O) groups is 2. The average Bonchev–Trinajstić information content (AvgIpc) is 2.86. The first-order valence-electron chi connectivity index (χ1n) is 6.29. The van der Waals surface area contributed by atoms with Crippen LogP contribution in [0, 0.1) is 11.8 Å². The summed E-state index contributed by atoms with van der Waals surface area (Å²) in [6.45, 7) is 1.87. The number of carboxylic acids is 1. The molecule has 2 rings (SSSR count). The molecule has 3 atom stereocenters. The topological polar surface area (TPSA) is 69.6 Å². The van der Waals surface area contributed by atoms with Crippen molar-refractivity contribution in [2.24, 2.45) is 11.8 Å². The third-order valence-corrected chi connectivity index (χ3v) is 3.91. The molecule has 1 saturated carbocycles. The first-order valence-corrected chi connectivity index (χ1v) is 6.29. The van der Waals surface area contributed by atoms with Crippen LogP contribution in [0.15, 0.2) is 0 Å². The standard InChI is InChI=1S/C12H20N2O3/c1-14-6-5-8(7-14)13-11(15)9-3-2-4-10(9)12(16)17/h8-10H,2-7H2,1H3,(H,13,15)(H,16,17). The van der Waals surface area contributed by atoms with Crippen molar-refractivity contribution < 1.29 is 14.7 Å². The lowest BCUT2D eigenvalue weighted by molar-refractivity contribution is -0.146. The van der Waals surface area contributed by atoms with Gasteiger partial charge in [0.15, 0.2) is 0 Å². The number of nitrogens with zero attached hydrogens (tertiary/aromatic N) is 1. The molecule has 3 unspecified atom stereocenters. The van der Waals surface area contributed by atoms with E-state index in [1.165, 1.54) is 0 Å². The fourth-order valence-electron chi connectivity index (χ4n) is 2.93. The summed E-state index contributed by atoms with van der Waals surface area (Å²) >= 11 is 0. The van der Waals surface area contributed by atoms with Gasteiger partial charge >= 0.3 is 5.97 Å².